The second kappa shape index (κ2) is 6.34. The van der Waals surface area contributed by atoms with E-state index in [-0.39, 0.29) is 13.0 Å². The van der Waals surface area contributed by atoms with Gasteiger partial charge in [-0.05, 0) is 0 Å². The van der Waals surface area contributed by atoms with Gasteiger partial charge in [-0.1, -0.05) is 0 Å². The summed E-state index contributed by atoms with van der Waals surface area (Å²) in [5.74, 6) is -1.43. The highest BCUT2D eigenvalue weighted by Crippen LogP contribution is 2.24. The van der Waals surface area contributed by atoms with E-state index in [4.69, 9.17) is 18.9 Å². The molecule has 1 rings (SSSR count). The lowest BCUT2D eigenvalue weighted by atomic mass is 10.2. The zero-order chi connectivity index (χ0) is 13.7. The van der Waals surface area contributed by atoms with E-state index < -0.39 is 36.4 Å². The molecule has 0 spiro atoms. The summed E-state index contributed by atoms with van der Waals surface area (Å²) in [7, 11) is 0. The van der Waals surface area contributed by atoms with Crippen molar-refractivity contribution >= 4 is 17.9 Å². The molecule has 7 heteroatoms. The SMILES string of the molecule is CC(=O)OC[C@H]1OC(OC(C)=O)C[C@H]1OC(C)=O. The first-order chi connectivity index (χ1) is 8.38. The first-order valence-corrected chi connectivity index (χ1v) is 5.51. The Bertz CT molecular complexity index is 338. The van der Waals surface area contributed by atoms with Crippen molar-refractivity contribution in [2.24, 2.45) is 0 Å². The second-order valence-corrected chi connectivity index (χ2v) is 3.90. The molecule has 1 fully saturated rings. The van der Waals surface area contributed by atoms with Crippen LogP contribution < -0.4 is 0 Å². The maximum absolute atomic E-state index is 10.9. The third-order valence-electron chi connectivity index (χ3n) is 2.23. The molecule has 1 saturated heterocycles. The molecule has 1 aliphatic rings. The second-order valence-electron chi connectivity index (χ2n) is 3.90. The number of carbonyl (C=O) groups is 3. The monoisotopic (exact) mass is 260 g/mol. The summed E-state index contributed by atoms with van der Waals surface area (Å²) in [6, 6.07) is 0. The molecule has 0 aromatic carbocycles. The lowest BCUT2D eigenvalue weighted by molar-refractivity contribution is -0.179. The molecule has 1 unspecified atom stereocenters. The number of hydrogen-bond donors (Lipinski definition) is 0. The number of rotatable bonds is 4. The van der Waals surface area contributed by atoms with Gasteiger partial charge >= 0.3 is 17.9 Å². The Morgan fingerprint density at radius 2 is 1.67 bits per heavy atom. The van der Waals surface area contributed by atoms with Gasteiger partial charge < -0.3 is 18.9 Å². The van der Waals surface area contributed by atoms with Gasteiger partial charge in [0.15, 0.2) is 0 Å². The average molecular weight is 260 g/mol. The Labute approximate surface area is 104 Å². The molecule has 0 N–H and O–H groups in total. The highest BCUT2D eigenvalue weighted by Gasteiger charge is 2.39. The van der Waals surface area contributed by atoms with Gasteiger partial charge in [0, 0.05) is 20.8 Å². The molecule has 3 atom stereocenters. The molecular weight excluding hydrogens is 244 g/mol. The van der Waals surface area contributed by atoms with Crippen molar-refractivity contribution in [3.05, 3.63) is 0 Å². The summed E-state index contributed by atoms with van der Waals surface area (Å²) in [6.07, 6.45) is -1.77. The van der Waals surface area contributed by atoms with Crippen LogP contribution in [0.2, 0.25) is 0 Å². The molecule has 102 valence electrons. The van der Waals surface area contributed by atoms with E-state index in [0.29, 0.717) is 0 Å². The quantitative estimate of drug-likeness (QED) is 0.525. The number of esters is 3. The minimum atomic E-state index is -0.785. The van der Waals surface area contributed by atoms with E-state index >= 15 is 0 Å². The van der Waals surface area contributed by atoms with Crippen molar-refractivity contribution in [1.29, 1.82) is 0 Å². The number of ether oxygens (including phenoxy) is 4. The molecule has 0 aromatic heterocycles. The third kappa shape index (κ3) is 4.70. The van der Waals surface area contributed by atoms with Crippen LogP contribution in [0.5, 0.6) is 0 Å². The smallest absolute Gasteiger partial charge is 0.304 e. The lowest BCUT2D eigenvalue weighted by Crippen LogP contribution is -2.31. The van der Waals surface area contributed by atoms with Crippen LogP contribution in [0, 0.1) is 0 Å². The van der Waals surface area contributed by atoms with Crippen LogP contribution in [-0.4, -0.2) is 43.0 Å². The van der Waals surface area contributed by atoms with Crippen molar-refractivity contribution in [2.45, 2.75) is 45.7 Å². The molecule has 18 heavy (non-hydrogen) atoms. The Hall–Kier alpha value is -1.63. The molecule has 1 aliphatic heterocycles. The fraction of sp³-hybridized carbons (Fsp3) is 0.727. The first-order valence-electron chi connectivity index (χ1n) is 5.51. The summed E-state index contributed by atoms with van der Waals surface area (Å²) >= 11 is 0. The summed E-state index contributed by atoms with van der Waals surface area (Å²) in [5.41, 5.74) is 0. The van der Waals surface area contributed by atoms with Crippen molar-refractivity contribution < 1.29 is 33.3 Å². The van der Waals surface area contributed by atoms with E-state index in [0.717, 1.165) is 0 Å². The van der Waals surface area contributed by atoms with Crippen molar-refractivity contribution in [3.8, 4) is 0 Å². The molecule has 7 nitrogen and oxygen atoms in total. The topological polar surface area (TPSA) is 88.1 Å². The lowest BCUT2D eigenvalue weighted by Gasteiger charge is -2.17. The van der Waals surface area contributed by atoms with Gasteiger partial charge in [-0.2, -0.15) is 0 Å². The van der Waals surface area contributed by atoms with Crippen LogP contribution >= 0.6 is 0 Å². The van der Waals surface area contributed by atoms with Gasteiger partial charge in [0.1, 0.15) is 18.8 Å². The largest absolute Gasteiger partial charge is 0.463 e. The van der Waals surface area contributed by atoms with Crippen LogP contribution in [0.25, 0.3) is 0 Å². The van der Waals surface area contributed by atoms with Gasteiger partial charge in [0.05, 0.1) is 6.42 Å². The fourth-order valence-electron chi connectivity index (χ4n) is 1.62. The van der Waals surface area contributed by atoms with E-state index in [2.05, 4.69) is 0 Å². The summed E-state index contributed by atoms with van der Waals surface area (Å²) < 4.78 is 20.0. The van der Waals surface area contributed by atoms with E-state index in [1.54, 1.807) is 0 Å². The third-order valence-corrected chi connectivity index (χ3v) is 2.23. The zero-order valence-corrected chi connectivity index (χ0v) is 10.5. The minimum Gasteiger partial charge on any atom is -0.463 e. The predicted octanol–water partition coefficient (Wildman–Crippen LogP) is 0.159. The molecule has 0 bridgehead atoms. The molecule has 0 saturated carbocycles. The number of carbonyl (C=O) groups excluding carboxylic acids is 3. The Morgan fingerprint density at radius 3 is 2.17 bits per heavy atom. The molecule has 0 radical (unpaired) electrons. The normalized spacial score (nSPS) is 26.5. The van der Waals surface area contributed by atoms with Gasteiger partial charge in [-0.15, -0.1) is 0 Å². The predicted molar refractivity (Wildman–Crippen MR) is 57.2 cm³/mol. The van der Waals surface area contributed by atoms with Gasteiger partial charge in [0.25, 0.3) is 0 Å². The fourth-order valence-corrected chi connectivity index (χ4v) is 1.62. The highest BCUT2D eigenvalue weighted by atomic mass is 16.7. The van der Waals surface area contributed by atoms with Crippen LogP contribution in [0.1, 0.15) is 27.2 Å². The van der Waals surface area contributed by atoms with E-state index in [1.807, 2.05) is 0 Å². The van der Waals surface area contributed by atoms with Gasteiger partial charge in [-0.3, -0.25) is 14.4 Å². The minimum absolute atomic E-state index is 0.0506. The zero-order valence-electron chi connectivity index (χ0n) is 10.5. The Balaban J connectivity index is 2.56. The van der Waals surface area contributed by atoms with Crippen LogP contribution in [-0.2, 0) is 33.3 Å². The van der Waals surface area contributed by atoms with E-state index in [1.165, 1.54) is 20.8 Å². The van der Waals surface area contributed by atoms with Crippen LogP contribution in [0.4, 0.5) is 0 Å². The van der Waals surface area contributed by atoms with Gasteiger partial charge in [-0.25, -0.2) is 0 Å². The number of hydrogen-bond acceptors (Lipinski definition) is 7. The maximum atomic E-state index is 10.9. The van der Waals surface area contributed by atoms with Crippen LogP contribution in [0.3, 0.4) is 0 Å². The average Bonchev–Trinajstić information content (AvgIpc) is 2.55. The van der Waals surface area contributed by atoms with Crippen molar-refractivity contribution in [2.75, 3.05) is 6.61 Å². The highest BCUT2D eigenvalue weighted by molar-refractivity contribution is 5.67. The van der Waals surface area contributed by atoms with Crippen molar-refractivity contribution in [3.63, 3.8) is 0 Å². The molecule has 0 aromatic rings. The Kier molecular flexibility index (Phi) is 5.08. The Morgan fingerprint density at radius 1 is 1.06 bits per heavy atom. The summed E-state index contributed by atoms with van der Waals surface area (Å²) in [5, 5.41) is 0. The van der Waals surface area contributed by atoms with Crippen LogP contribution in [0.15, 0.2) is 0 Å². The van der Waals surface area contributed by atoms with E-state index in [9.17, 15) is 14.4 Å². The molecule has 0 amide bonds. The summed E-state index contributed by atoms with van der Waals surface area (Å²) in [6.45, 7) is 3.73. The molecule has 0 aliphatic carbocycles. The molecular formula is C11H16O7. The summed E-state index contributed by atoms with van der Waals surface area (Å²) in [4.78, 5) is 32.4. The van der Waals surface area contributed by atoms with Gasteiger partial charge in [0.2, 0.25) is 6.29 Å². The maximum Gasteiger partial charge on any atom is 0.304 e. The standard InChI is InChI=1S/C11H16O7/c1-6(12)15-5-10-9(16-7(2)13)4-11(18-10)17-8(3)14/h9-11H,4-5H2,1-3H3/t9-,10-,11?/m1/s1. The molecule has 1 heterocycles. The van der Waals surface area contributed by atoms with Crippen molar-refractivity contribution in [1.82, 2.24) is 0 Å². The first kappa shape index (κ1) is 14.4.